The van der Waals surface area contributed by atoms with E-state index in [2.05, 4.69) is 73.9 Å². The van der Waals surface area contributed by atoms with Crippen molar-refractivity contribution in [1.29, 1.82) is 0 Å². The SMILES string of the molecule is Cc1ccc(C)c(N2CCN(c3cc(C)ccc3C)C2)c1.OB(O)F.OB(O)F.OB(O)F.OB(O)F. The first-order valence-electron chi connectivity index (χ1n) is 10.6. The van der Waals surface area contributed by atoms with Crippen molar-refractivity contribution >= 4 is 41.0 Å². The molecule has 0 saturated carbocycles. The molecule has 206 valence electrons. The van der Waals surface area contributed by atoms with E-state index >= 15 is 0 Å². The van der Waals surface area contributed by atoms with Crippen molar-refractivity contribution in [3.05, 3.63) is 58.7 Å². The highest BCUT2D eigenvalue weighted by molar-refractivity contribution is 6.32. The van der Waals surface area contributed by atoms with E-state index in [0.29, 0.717) is 0 Å². The maximum absolute atomic E-state index is 10.1. The standard InChI is InChI=1S/C19H24N2.4BFH2O2/c1-14-5-7-16(3)18(11-14)20-9-10-21(13-20)19-12-15(2)6-8-17(19)4;4*2-1(3)4/h5-8,11-12H,9-10,13H2,1-4H3;4*3-4H. The third kappa shape index (κ3) is 20.4. The highest BCUT2D eigenvalue weighted by atomic mass is 19.1. The summed E-state index contributed by atoms with van der Waals surface area (Å²) in [6.07, 6.45) is 0. The van der Waals surface area contributed by atoms with Gasteiger partial charge in [0.25, 0.3) is 0 Å². The van der Waals surface area contributed by atoms with E-state index in [4.69, 9.17) is 40.2 Å². The molecule has 2 aromatic rings. The number of anilines is 2. The van der Waals surface area contributed by atoms with Gasteiger partial charge in [-0.3, -0.25) is 17.3 Å². The van der Waals surface area contributed by atoms with Crippen LogP contribution >= 0.6 is 0 Å². The Bertz CT molecular complexity index is 799. The lowest BCUT2D eigenvalue weighted by atomic mass is 10.1. The Morgan fingerprint density at radius 2 is 0.784 bits per heavy atom. The third-order valence-electron chi connectivity index (χ3n) is 4.39. The van der Waals surface area contributed by atoms with Crippen molar-refractivity contribution < 1.29 is 57.5 Å². The lowest BCUT2D eigenvalue weighted by molar-refractivity contribution is 0.338. The number of rotatable bonds is 2. The van der Waals surface area contributed by atoms with Gasteiger partial charge in [0.2, 0.25) is 0 Å². The molecule has 0 spiro atoms. The predicted molar refractivity (Wildman–Crippen MR) is 137 cm³/mol. The van der Waals surface area contributed by atoms with E-state index in [9.17, 15) is 17.3 Å². The second-order valence-corrected chi connectivity index (χ2v) is 7.49. The Morgan fingerprint density at radius 1 is 0.541 bits per heavy atom. The second-order valence-electron chi connectivity index (χ2n) is 7.49. The average Bonchev–Trinajstić information content (AvgIpc) is 3.20. The summed E-state index contributed by atoms with van der Waals surface area (Å²) in [7, 11) is -10.7. The van der Waals surface area contributed by atoms with Crippen molar-refractivity contribution in [3.63, 3.8) is 0 Å². The van der Waals surface area contributed by atoms with Crippen LogP contribution in [0.5, 0.6) is 0 Å². The van der Waals surface area contributed by atoms with Crippen LogP contribution in [0.2, 0.25) is 0 Å². The Labute approximate surface area is 214 Å². The van der Waals surface area contributed by atoms with Crippen molar-refractivity contribution in [3.8, 4) is 0 Å². The van der Waals surface area contributed by atoms with Gasteiger partial charge in [-0.15, -0.1) is 0 Å². The van der Waals surface area contributed by atoms with Crippen LogP contribution in [0, 0.1) is 27.7 Å². The maximum Gasteiger partial charge on any atom is 0.674 e. The summed E-state index contributed by atoms with van der Waals surface area (Å²) in [5, 5.41) is 55.6. The molecule has 37 heavy (non-hydrogen) atoms. The van der Waals surface area contributed by atoms with E-state index < -0.39 is 29.6 Å². The maximum atomic E-state index is 10.1. The first-order valence-corrected chi connectivity index (χ1v) is 10.6. The van der Waals surface area contributed by atoms with Crippen LogP contribution < -0.4 is 9.80 Å². The average molecular weight is 536 g/mol. The fourth-order valence-corrected chi connectivity index (χ4v) is 3.10. The van der Waals surface area contributed by atoms with Crippen LogP contribution in [0.4, 0.5) is 28.6 Å². The van der Waals surface area contributed by atoms with Crippen molar-refractivity contribution in [2.45, 2.75) is 27.7 Å². The Kier molecular flexibility index (Phi) is 19.7. The Balaban J connectivity index is 0. The van der Waals surface area contributed by atoms with Gasteiger partial charge in [-0.2, -0.15) is 0 Å². The van der Waals surface area contributed by atoms with E-state index in [0.717, 1.165) is 19.8 Å². The molecule has 1 aliphatic heterocycles. The minimum Gasteiger partial charge on any atom is -0.398 e. The molecule has 1 heterocycles. The predicted octanol–water partition coefficient (Wildman–Crippen LogP) is -0.0940. The number of aryl methyl sites for hydroxylation is 4. The largest absolute Gasteiger partial charge is 0.674 e. The molecule has 0 aromatic heterocycles. The smallest absolute Gasteiger partial charge is 0.398 e. The summed E-state index contributed by atoms with van der Waals surface area (Å²) < 4.78 is 40.4. The highest BCUT2D eigenvalue weighted by Gasteiger charge is 2.22. The van der Waals surface area contributed by atoms with Gasteiger partial charge < -0.3 is 50.0 Å². The van der Waals surface area contributed by atoms with Crippen LogP contribution in [-0.4, -0.2) is 89.5 Å². The zero-order chi connectivity index (χ0) is 29.3. The van der Waals surface area contributed by atoms with Gasteiger partial charge in [-0.05, 0) is 62.1 Å². The highest BCUT2D eigenvalue weighted by Crippen LogP contribution is 2.28. The fourth-order valence-electron chi connectivity index (χ4n) is 3.10. The summed E-state index contributed by atoms with van der Waals surface area (Å²) in [6.45, 7) is 11.9. The zero-order valence-electron chi connectivity index (χ0n) is 20.9. The van der Waals surface area contributed by atoms with Crippen LogP contribution in [0.25, 0.3) is 0 Å². The first kappa shape index (κ1) is 36.9. The molecule has 2 aromatic carbocycles. The molecule has 18 heteroatoms. The summed E-state index contributed by atoms with van der Waals surface area (Å²) in [5.41, 5.74) is 8.15. The van der Waals surface area contributed by atoms with Crippen molar-refractivity contribution in [2.24, 2.45) is 0 Å². The number of hydrogen-bond donors (Lipinski definition) is 8. The molecule has 0 atom stereocenters. The molecule has 0 unspecified atom stereocenters. The number of halogens is 4. The molecule has 8 N–H and O–H groups in total. The van der Waals surface area contributed by atoms with Crippen molar-refractivity contribution in [1.82, 2.24) is 0 Å². The van der Waals surface area contributed by atoms with E-state index in [1.807, 2.05) is 0 Å². The first-order chi connectivity index (χ1) is 17.0. The minimum absolute atomic E-state index is 0.981. The topological polar surface area (TPSA) is 168 Å². The summed E-state index contributed by atoms with van der Waals surface area (Å²) in [4.78, 5) is 4.98. The number of hydrogen-bond acceptors (Lipinski definition) is 10. The lowest BCUT2D eigenvalue weighted by Gasteiger charge is -2.24. The molecular formula is C19H32B4F4N2O8. The number of benzene rings is 2. The lowest BCUT2D eigenvalue weighted by Crippen LogP contribution is -2.26. The summed E-state index contributed by atoms with van der Waals surface area (Å²) in [6, 6.07) is 13.5. The van der Waals surface area contributed by atoms with Crippen LogP contribution in [0.3, 0.4) is 0 Å². The Morgan fingerprint density at radius 3 is 1.03 bits per heavy atom. The second kappa shape index (κ2) is 19.8. The zero-order valence-corrected chi connectivity index (χ0v) is 20.9. The summed E-state index contributed by atoms with van der Waals surface area (Å²) >= 11 is 0. The minimum atomic E-state index is -2.67. The summed E-state index contributed by atoms with van der Waals surface area (Å²) in [5.74, 6) is 0. The molecule has 10 nitrogen and oxygen atoms in total. The van der Waals surface area contributed by atoms with E-state index in [1.54, 1.807) is 0 Å². The molecule has 0 radical (unpaired) electrons. The van der Waals surface area contributed by atoms with E-state index in [-0.39, 0.29) is 0 Å². The molecular weight excluding hydrogens is 503 g/mol. The van der Waals surface area contributed by atoms with Crippen molar-refractivity contribution in [2.75, 3.05) is 29.6 Å². The molecule has 0 aliphatic carbocycles. The van der Waals surface area contributed by atoms with Gasteiger partial charge >= 0.3 is 29.6 Å². The van der Waals surface area contributed by atoms with Crippen LogP contribution in [0.15, 0.2) is 36.4 Å². The molecule has 3 rings (SSSR count). The van der Waals surface area contributed by atoms with Gasteiger partial charge in [-0.1, -0.05) is 24.3 Å². The fraction of sp³-hybridized carbons (Fsp3) is 0.368. The quantitative estimate of drug-likeness (QED) is 0.192. The monoisotopic (exact) mass is 536 g/mol. The Hall–Kier alpha value is -2.30. The van der Waals surface area contributed by atoms with E-state index in [1.165, 1.54) is 33.6 Å². The molecule has 0 amide bonds. The van der Waals surface area contributed by atoms with Gasteiger partial charge in [0.1, 0.15) is 0 Å². The molecule has 1 saturated heterocycles. The van der Waals surface area contributed by atoms with Crippen LogP contribution in [-0.2, 0) is 0 Å². The normalized spacial score (nSPS) is 11.4. The van der Waals surface area contributed by atoms with Gasteiger partial charge in [-0.25, -0.2) is 0 Å². The van der Waals surface area contributed by atoms with Gasteiger partial charge in [0, 0.05) is 24.5 Å². The third-order valence-corrected chi connectivity index (χ3v) is 4.39. The molecule has 0 bridgehead atoms. The van der Waals surface area contributed by atoms with Gasteiger partial charge in [0.05, 0.1) is 6.67 Å². The van der Waals surface area contributed by atoms with Gasteiger partial charge in [0.15, 0.2) is 0 Å². The number of nitrogens with zero attached hydrogens (tertiary/aromatic N) is 2. The van der Waals surface area contributed by atoms with Crippen LogP contribution in [0.1, 0.15) is 22.3 Å². The molecule has 1 aliphatic rings. The molecule has 1 fully saturated rings.